The molecule has 1 aliphatic heterocycles. The molecule has 21 heavy (non-hydrogen) atoms. The summed E-state index contributed by atoms with van der Waals surface area (Å²) in [6.07, 6.45) is 1.82. The lowest BCUT2D eigenvalue weighted by Gasteiger charge is -2.29. The van der Waals surface area contributed by atoms with Crippen LogP contribution in [0.15, 0.2) is 30.5 Å². The maximum absolute atomic E-state index is 6.03. The van der Waals surface area contributed by atoms with Crippen LogP contribution in [-0.4, -0.2) is 48.8 Å². The van der Waals surface area contributed by atoms with Crippen molar-refractivity contribution < 1.29 is 4.74 Å². The molecule has 1 aromatic carbocycles. The summed E-state index contributed by atoms with van der Waals surface area (Å²) in [6, 6.07) is 8.21. The van der Waals surface area contributed by atoms with Gasteiger partial charge < -0.3 is 10.1 Å². The molecule has 1 aromatic heterocycles. The van der Waals surface area contributed by atoms with Gasteiger partial charge in [0.1, 0.15) is 0 Å². The van der Waals surface area contributed by atoms with Crippen molar-refractivity contribution in [2.75, 3.05) is 38.2 Å². The number of nitrogens with one attached hydrogen (secondary N) is 1. The van der Waals surface area contributed by atoms with E-state index < -0.39 is 0 Å². The number of pyridine rings is 1. The van der Waals surface area contributed by atoms with Crippen molar-refractivity contribution in [3.05, 3.63) is 35.5 Å². The number of aromatic nitrogens is 1. The van der Waals surface area contributed by atoms with E-state index in [1.807, 2.05) is 30.5 Å². The Bertz CT molecular complexity index is 613. The second-order valence-electron chi connectivity index (χ2n) is 5.48. The lowest BCUT2D eigenvalue weighted by atomic mass is 10.1. The third-order valence-electron chi connectivity index (χ3n) is 3.74. The molecular formula is C16H20ClN3O. The van der Waals surface area contributed by atoms with Gasteiger partial charge in [0.05, 0.1) is 18.7 Å². The number of ether oxygens (including phenoxy) is 1. The number of hydrogen-bond acceptors (Lipinski definition) is 4. The standard InChI is InChI=1S/C16H20ClN3O/c1-12(11-20-6-8-21-9-7-20)19-15-4-5-18-16-10-13(17)2-3-14(15)16/h2-5,10,12H,6-9,11H2,1H3,(H,18,19). The first-order valence-electron chi connectivity index (χ1n) is 7.33. The van der Waals surface area contributed by atoms with Crippen LogP contribution in [0.2, 0.25) is 5.02 Å². The van der Waals surface area contributed by atoms with Crippen LogP contribution in [0.25, 0.3) is 10.9 Å². The fourth-order valence-corrected chi connectivity index (χ4v) is 2.90. The van der Waals surface area contributed by atoms with Gasteiger partial charge in [0.25, 0.3) is 0 Å². The van der Waals surface area contributed by atoms with E-state index in [0.717, 1.165) is 49.4 Å². The number of morpholine rings is 1. The van der Waals surface area contributed by atoms with Gasteiger partial charge in [0.15, 0.2) is 0 Å². The monoisotopic (exact) mass is 305 g/mol. The van der Waals surface area contributed by atoms with Crippen LogP contribution in [-0.2, 0) is 4.74 Å². The van der Waals surface area contributed by atoms with Gasteiger partial charge in [0, 0.05) is 48.0 Å². The van der Waals surface area contributed by atoms with Gasteiger partial charge in [-0.2, -0.15) is 0 Å². The Morgan fingerprint density at radius 2 is 2.14 bits per heavy atom. The van der Waals surface area contributed by atoms with Crippen molar-refractivity contribution in [1.82, 2.24) is 9.88 Å². The molecule has 0 aliphatic carbocycles. The quantitative estimate of drug-likeness (QED) is 0.942. The number of halogens is 1. The Labute approximate surface area is 130 Å². The molecule has 1 unspecified atom stereocenters. The number of hydrogen-bond donors (Lipinski definition) is 1. The van der Waals surface area contributed by atoms with Crippen LogP contribution in [0.3, 0.4) is 0 Å². The van der Waals surface area contributed by atoms with E-state index in [1.54, 1.807) is 0 Å². The van der Waals surface area contributed by atoms with Crippen molar-refractivity contribution in [3.8, 4) is 0 Å². The molecule has 1 aliphatic rings. The van der Waals surface area contributed by atoms with Crippen molar-refractivity contribution in [2.45, 2.75) is 13.0 Å². The van der Waals surface area contributed by atoms with E-state index >= 15 is 0 Å². The zero-order chi connectivity index (χ0) is 14.7. The molecule has 4 nitrogen and oxygen atoms in total. The zero-order valence-electron chi connectivity index (χ0n) is 12.2. The van der Waals surface area contributed by atoms with Crippen LogP contribution < -0.4 is 5.32 Å². The van der Waals surface area contributed by atoms with Crippen molar-refractivity contribution >= 4 is 28.2 Å². The molecule has 3 rings (SSSR count). The van der Waals surface area contributed by atoms with Crippen LogP contribution in [0, 0.1) is 0 Å². The molecule has 0 spiro atoms. The predicted octanol–water partition coefficient (Wildman–Crippen LogP) is 3.02. The van der Waals surface area contributed by atoms with E-state index in [9.17, 15) is 0 Å². The largest absolute Gasteiger partial charge is 0.381 e. The summed E-state index contributed by atoms with van der Waals surface area (Å²) in [5, 5.41) is 5.41. The summed E-state index contributed by atoms with van der Waals surface area (Å²) in [4.78, 5) is 6.81. The molecule has 2 aromatic rings. The third kappa shape index (κ3) is 3.64. The highest BCUT2D eigenvalue weighted by molar-refractivity contribution is 6.31. The molecule has 0 radical (unpaired) electrons. The first-order valence-corrected chi connectivity index (χ1v) is 7.71. The van der Waals surface area contributed by atoms with Crippen molar-refractivity contribution in [3.63, 3.8) is 0 Å². The lowest BCUT2D eigenvalue weighted by molar-refractivity contribution is 0.0368. The van der Waals surface area contributed by atoms with Crippen molar-refractivity contribution in [2.24, 2.45) is 0 Å². The second-order valence-corrected chi connectivity index (χ2v) is 5.91. The average Bonchev–Trinajstić information content (AvgIpc) is 2.48. The van der Waals surface area contributed by atoms with Gasteiger partial charge in [-0.05, 0) is 31.2 Å². The van der Waals surface area contributed by atoms with Crippen LogP contribution in [0.5, 0.6) is 0 Å². The number of fused-ring (bicyclic) bond motifs is 1. The summed E-state index contributed by atoms with van der Waals surface area (Å²) < 4.78 is 5.39. The van der Waals surface area contributed by atoms with Gasteiger partial charge >= 0.3 is 0 Å². The molecule has 1 fully saturated rings. The summed E-state index contributed by atoms with van der Waals surface area (Å²) in [5.74, 6) is 0. The minimum absolute atomic E-state index is 0.365. The van der Waals surface area contributed by atoms with Gasteiger partial charge in [-0.25, -0.2) is 0 Å². The summed E-state index contributed by atoms with van der Waals surface area (Å²) in [6.45, 7) is 6.92. The summed E-state index contributed by atoms with van der Waals surface area (Å²) in [7, 11) is 0. The Kier molecular flexibility index (Phi) is 4.58. The Morgan fingerprint density at radius 1 is 1.33 bits per heavy atom. The maximum Gasteiger partial charge on any atom is 0.0737 e. The van der Waals surface area contributed by atoms with E-state index in [2.05, 4.69) is 22.1 Å². The van der Waals surface area contributed by atoms with Crippen LogP contribution in [0.4, 0.5) is 5.69 Å². The van der Waals surface area contributed by atoms with Gasteiger partial charge in [-0.1, -0.05) is 11.6 Å². The number of rotatable bonds is 4. The molecule has 2 heterocycles. The molecule has 112 valence electrons. The van der Waals surface area contributed by atoms with Gasteiger partial charge in [-0.3, -0.25) is 9.88 Å². The summed E-state index contributed by atoms with van der Waals surface area (Å²) in [5.41, 5.74) is 2.03. The number of benzene rings is 1. The Balaban J connectivity index is 1.71. The van der Waals surface area contributed by atoms with E-state index in [4.69, 9.17) is 16.3 Å². The first-order chi connectivity index (χ1) is 10.2. The molecule has 1 N–H and O–H groups in total. The number of nitrogens with zero attached hydrogens (tertiary/aromatic N) is 2. The van der Waals surface area contributed by atoms with E-state index in [-0.39, 0.29) is 0 Å². The van der Waals surface area contributed by atoms with Crippen LogP contribution >= 0.6 is 11.6 Å². The molecular weight excluding hydrogens is 286 g/mol. The second kappa shape index (κ2) is 6.60. The lowest BCUT2D eigenvalue weighted by Crippen LogP contribution is -2.42. The Morgan fingerprint density at radius 3 is 2.95 bits per heavy atom. The van der Waals surface area contributed by atoms with E-state index in [0.29, 0.717) is 11.1 Å². The highest BCUT2D eigenvalue weighted by Gasteiger charge is 2.14. The fourth-order valence-electron chi connectivity index (χ4n) is 2.73. The average molecular weight is 306 g/mol. The highest BCUT2D eigenvalue weighted by Crippen LogP contribution is 2.24. The van der Waals surface area contributed by atoms with Gasteiger partial charge in [0.2, 0.25) is 0 Å². The first kappa shape index (κ1) is 14.6. The molecule has 1 atom stereocenters. The SMILES string of the molecule is CC(CN1CCOCC1)Nc1ccnc2cc(Cl)ccc12. The predicted molar refractivity (Wildman–Crippen MR) is 87.1 cm³/mol. The zero-order valence-corrected chi connectivity index (χ0v) is 12.9. The normalized spacial score (nSPS) is 17.8. The molecule has 0 saturated carbocycles. The number of anilines is 1. The molecule has 1 saturated heterocycles. The highest BCUT2D eigenvalue weighted by atomic mass is 35.5. The molecule has 0 bridgehead atoms. The van der Waals surface area contributed by atoms with Gasteiger partial charge in [-0.15, -0.1) is 0 Å². The third-order valence-corrected chi connectivity index (χ3v) is 3.98. The molecule has 5 heteroatoms. The maximum atomic E-state index is 6.03. The Hall–Kier alpha value is -1.36. The topological polar surface area (TPSA) is 37.4 Å². The van der Waals surface area contributed by atoms with Crippen LogP contribution in [0.1, 0.15) is 6.92 Å². The minimum atomic E-state index is 0.365. The summed E-state index contributed by atoms with van der Waals surface area (Å²) >= 11 is 6.03. The fraction of sp³-hybridized carbons (Fsp3) is 0.438. The smallest absolute Gasteiger partial charge is 0.0737 e. The van der Waals surface area contributed by atoms with Crippen molar-refractivity contribution in [1.29, 1.82) is 0 Å². The minimum Gasteiger partial charge on any atom is -0.381 e. The van der Waals surface area contributed by atoms with E-state index in [1.165, 1.54) is 0 Å². The molecule has 0 amide bonds.